The maximum absolute atomic E-state index is 12.9. The molecule has 3 rings (SSSR count). The number of nitrogens with one attached hydrogen (secondary N) is 1. The van der Waals surface area contributed by atoms with Crippen molar-refractivity contribution >= 4 is 17.3 Å². The van der Waals surface area contributed by atoms with E-state index in [1.165, 1.54) is 23.8 Å². The fourth-order valence-corrected chi connectivity index (χ4v) is 3.75. The molecule has 8 heteroatoms. The lowest BCUT2D eigenvalue weighted by Crippen LogP contribution is -2.45. The van der Waals surface area contributed by atoms with Gasteiger partial charge >= 0.3 is 0 Å². The molecule has 1 heterocycles. The van der Waals surface area contributed by atoms with Gasteiger partial charge in [-0.05, 0) is 25.7 Å². The predicted octanol–water partition coefficient (Wildman–Crippen LogP) is 3.21. The number of likely N-dealkylation sites (tertiary alicyclic amines) is 1. The number of rotatable bonds is 8. The monoisotopic (exact) mass is 412 g/mol. The summed E-state index contributed by atoms with van der Waals surface area (Å²) >= 11 is 0. The lowest BCUT2D eigenvalue weighted by Gasteiger charge is -2.33. The molecule has 0 saturated carbocycles. The molecule has 1 aliphatic carbocycles. The molecule has 1 amide bonds. The molecule has 8 nitrogen and oxygen atoms in total. The number of nitrogens with two attached hydrogens (primary N) is 1. The van der Waals surface area contributed by atoms with Crippen LogP contribution in [0.15, 0.2) is 48.6 Å². The van der Waals surface area contributed by atoms with E-state index in [0.717, 1.165) is 45.3 Å². The van der Waals surface area contributed by atoms with Gasteiger partial charge in [-0.1, -0.05) is 36.5 Å². The Bertz CT molecular complexity index is 870. The van der Waals surface area contributed by atoms with Crippen LogP contribution in [-0.2, 0) is 0 Å². The first-order valence-electron chi connectivity index (χ1n) is 10.2. The number of nitro benzene ring substituents is 1. The topological polar surface area (TPSA) is 111 Å². The summed E-state index contributed by atoms with van der Waals surface area (Å²) in [6.45, 7) is 6.51. The lowest BCUT2D eigenvalue weighted by atomic mass is 10.0. The number of anilines is 1. The van der Waals surface area contributed by atoms with Crippen molar-refractivity contribution in [1.82, 2.24) is 10.2 Å². The van der Waals surface area contributed by atoms with E-state index in [1.807, 2.05) is 0 Å². The minimum Gasteiger partial charge on any atom is -0.489 e. The van der Waals surface area contributed by atoms with Crippen LogP contribution in [0, 0.1) is 10.1 Å². The van der Waals surface area contributed by atoms with Crippen molar-refractivity contribution < 1.29 is 14.5 Å². The Morgan fingerprint density at radius 1 is 1.37 bits per heavy atom. The van der Waals surface area contributed by atoms with Gasteiger partial charge in [0, 0.05) is 37.8 Å². The fourth-order valence-electron chi connectivity index (χ4n) is 3.75. The molecule has 0 spiro atoms. The number of amides is 1. The average Bonchev–Trinajstić information content (AvgIpc) is 2.74. The maximum atomic E-state index is 12.9. The number of hydrogen-bond acceptors (Lipinski definition) is 6. The van der Waals surface area contributed by atoms with Crippen LogP contribution in [0.3, 0.4) is 0 Å². The van der Waals surface area contributed by atoms with E-state index < -0.39 is 10.8 Å². The van der Waals surface area contributed by atoms with Gasteiger partial charge in [0.2, 0.25) is 0 Å². The molecular formula is C22H28N4O4. The second-order valence-electron chi connectivity index (χ2n) is 7.56. The highest BCUT2D eigenvalue weighted by Gasteiger charge is 2.25. The number of hydrogen-bond donors (Lipinski definition) is 2. The quantitative estimate of drug-likeness (QED) is 0.294. The van der Waals surface area contributed by atoms with Crippen LogP contribution in [0.5, 0.6) is 5.75 Å². The van der Waals surface area contributed by atoms with Crippen molar-refractivity contribution in [3.8, 4) is 5.75 Å². The van der Waals surface area contributed by atoms with Crippen molar-refractivity contribution in [3.63, 3.8) is 0 Å². The van der Waals surface area contributed by atoms with Crippen LogP contribution in [0.1, 0.15) is 36.0 Å². The molecule has 1 aliphatic heterocycles. The number of nitrogens with zero attached hydrogens (tertiary/aromatic N) is 2. The SMILES string of the molecule is C=CCOc1cc(N)c([N+](=O)[O-])cc1C(=O)NC1CCN(CC2=CCC=CC2)CC1. The minimum atomic E-state index is -0.600. The van der Waals surface area contributed by atoms with Crippen LogP contribution in [-0.4, -0.2) is 48.0 Å². The summed E-state index contributed by atoms with van der Waals surface area (Å²) in [6, 6.07) is 2.52. The Morgan fingerprint density at radius 2 is 2.13 bits per heavy atom. The highest BCUT2D eigenvalue weighted by atomic mass is 16.6. The summed E-state index contributed by atoms with van der Waals surface area (Å²) in [5.74, 6) is -0.180. The third-order valence-corrected chi connectivity index (χ3v) is 5.37. The molecule has 1 saturated heterocycles. The molecule has 0 unspecified atom stereocenters. The lowest BCUT2D eigenvalue weighted by molar-refractivity contribution is -0.383. The number of benzene rings is 1. The van der Waals surface area contributed by atoms with E-state index in [1.54, 1.807) is 0 Å². The molecule has 0 bridgehead atoms. The number of carbonyl (C=O) groups is 1. The summed E-state index contributed by atoms with van der Waals surface area (Å²) in [6.07, 6.45) is 11.9. The van der Waals surface area contributed by atoms with E-state index in [9.17, 15) is 14.9 Å². The van der Waals surface area contributed by atoms with Gasteiger partial charge in [-0.3, -0.25) is 19.8 Å². The Balaban J connectivity index is 1.62. The van der Waals surface area contributed by atoms with Gasteiger partial charge in [-0.15, -0.1) is 0 Å². The number of carbonyl (C=O) groups excluding carboxylic acids is 1. The largest absolute Gasteiger partial charge is 0.489 e. The first-order chi connectivity index (χ1) is 14.5. The molecular weight excluding hydrogens is 384 g/mol. The van der Waals surface area contributed by atoms with Crippen molar-refractivity contribution in [2.24, 2.45) is 0 Å². The second-order valence-corrected chi connectivity index (χ2v) is 7.56. The molecule has 160 valence electrons. The second kappa shape index (κ2) is 10.1. The minimum absolute atomic E-state index is 0.0119. The summed E-state index contributed by atoms with van der Waals surface area (Å²) in [7, 11) is 0. The van der Waals surface area contributed by atoms with Crippen LogP contribution >= 0.6 is 0 Å². The molecule has 3 N–H and O–H groups in total. The summed E-state index contributed by atoms with van der Waals surface area (Å²) in [5.41, 5.74) is 6.94. The van der Waals surface area contributed by atoms with E-state index in [-0.39, 0.29) is 35.3 Å². The third-order valence-electron chi connectivity index (χ3n) is 5.37. The summed E-state index contributed by atoms with van der Waals surface area (Å²) in [4.78, 5) is 25.9. The number of piperidine rings is 1. The van der Waals surface area contributed by atoms with E-state index in [0.29, 0.717) is 0 Å². The van der Waals surface area contributed by atoms with E-state index in [4.69, 9.17) is 10.5 Å². The van der Waals surface area contributed by atoms with Gasteiger partial charge in [-0.25, -0.2) is 0 Å². The molecule has 2 aliphatic rings. The summed E-state index contributed by atoms with van der Waals surface area (Å²) in [5, 5.41) is 14.2. The number of nitro groups is 1. The fraction of sp³-hybridized carbons (Fsp3) is 0.409. The molecule has 1 aromatic carbocycles. The molecule has 1 fully saturated rings. The summed E-state index contributed by atoms with van der Waals surface area (Å²) < 4.78 is 5.51. The van der Waals surface area contributed by atoms with Crippen molar-refractivity contribution in [3.05, 3.63) is 64.3 Å². The first kappa shape index (κ1) is 21.6. The van der Waals surface area contributed by atoms with Crippen molar-refractivity contribution in [2.45, 2.75) is 31.7 Å². The Kier molecular flexibility index (Phi) is 7.24. The Hall–Kier alpha value is -3.13. The van der Waals surface area contributed by atoms with Gasteiger partial charge < -0.3 is 15.8 Å². The highest BCUT2D eigenvalue weighted by Crippen LogP contribution is 2.31. The normalized spacial score (nSPS) is 17.3. The molecule has 0 atom stereocenters. The van der Waals surface area contributed by atoms with Crippen molar-refractivity contribution in [2.75, 3.05) is 32.0 Å². The maximum Gasteiger partial charge on any atom is 0.293 e. The standard InChI is InChI=1S/C22H28N4O4/c1-2-12-30-21-14-19(23)20(26(28)29)13-18(21)22(27)24-17-8-10-25(11-9-17)15-16-6-4-3-5-7-16/h2-4,7,13-14,17H,1,5-6,8-12,15,23H2,(H,24,27). The van der Waals surface area contributed by atoms with Gasteiger partial charge in [0.15, 0.2) is 0 Å². The van der Waals surface area contributed by atoms with Gasteiger partial charge in [0.05, 0.1) is 10.5 Å². The molecule has 1 aromatic rings. The van der Waals surface area contributed by atoms with Gasteiger partial charge in [0.1, 0.15) is 18.0 Å². The first-order valence-corrected chi connectivity index (χ1v) is 10.2. The average molecular weight is 412 g/mol. The smallest absolute Gasteiger partial charge is 0.293 e. The zero-order valence-corrected chi connectivity index (χ0v) is 17.0. The Labute approximate surface area is 176 Å². The highest BCUT2D eigenvalue weighted by molar-refractivity contribution is 5.98. The van der Waals surface area contributed by atoms with Crippen LogP contribution < -0.4 is 15.8 Å². The van der Waals surface area contributed by atoms with E-state index >= 15 is 0 Å². The molecule has 0 aromatic heterocycles. The van der Waals surface area contributed by atoms with Crippen LogP contribution in [0.25, 0.3) is 0 Å². The number of allylic oxidation sites excluding steroid dienone is 3. The Morgan fingerprint density at radius 3 is 2.77 bits per heavy atom. The zero-order valence-electron chi connectivity index (χ0n) is 17.0. The third kappa shape index (κ3) is 5.48. The van der Waals surface area contributed by atoms with Gasteiger partial charge in [0.25, 0.3) is 11.6 Å². The van der Waals surface area contributed by atoms with E-state index in [2.05, 4.69) is 35.0 Å². The zero-order chi connectivity index (χ0) is 21.5. The number of nitrogen functional groups attached to an aromatic ring is 1. The van der Waals surface area contributed by atoms with Gasteiger partial charge in [-0.2, -0.15) is 0 Å². The predicted molar refractivity (Wildman–Crippen MR) is 117 cm³/mol. The van der Waals surface area contributed by atoms with Crippen LogP contribution in [0.2, 0.25) is 0 Å². The molecule has 30 heavy (non-hydrogen) atoms. The van der Waals surface area contributed by atoms with Crippen LogP contribution in [0.4, 0.5) is 11.4 Å². The molecule has 0 radical (unpaired) electrons. The number of ether oxygens (including phenoxy) is 1. The van der Waals surface area contributed by atoms with Crippen molar-refractivity contribution in [1.29, 1.82) is 0 Å².